The standard InChI is InChI=1S/C25H31N3O3S/c1-19-8-7-11-22(16-19)25-27-23(20(2)31-25)17-32(30)18-24(29)26-13-15-28(3)14-12-21-9-5-4-6-10-21/h4-11,16H,12-15,17-18H2,1-3H3,(H,26,29). The summed E-state index contributed by atoms with van der Waals surface area (Å²) in [6.45, 7) is 6.01. The van der Waals surface area contributed by atoms with Gasteiger partial charge >= 0.3 is 0 Å². The van der Waals surface area contributed by atoms with Gasteiger partial charge in [-0.25, -0.2) is 4.98 Å². The number of rotatable bonds is 11. The van der Waals surface area contributed by atoms with Gasteiger partial charge in [0, 0.05) is 25.2 Å². The second-order valence-electron chi connectivity index (χ2n) is 8.01. The van der Waals surface area contributed by atoms with E-state index in [0.717, 1.165) is 30.6 Å². The fourth-order valence-electron chi connectivity index (χ4n) is 3.33. The molecule has 3 aromatic rings. The van der Waals surface area contributed by atoms with Crippen molar-refractivity contribution in [3.8, 4) is 11.5 Å². The molecule has 0 bridgehead atoms. The molecule has 0 aliphatic carbocycles. The van der Waals surface area contributed by atoms with E-state index in [0.29, 0.717) is 23.9 Å². The van der Waals surface area contributed by atoms with Crippen molar-refractivity contribution in [3.63, 3.8) is 0 Å². The van der Waals surface area contributed by atoms with Crippen molar-refractivity contribution in [1.29, 1.82) is 0 Å². The van der Waals surface area contributed by atoms with Gasteiger partial charge in [0.2, 0.25) is 5.89 Å². The predicted molar refractivity (Wildman–Crippen MR) is 129 cm³/mol. The smallest absolute Gasteiger partial charge is 0.269 e. The Morgan fingerprint density at radius 1 is 1.12 bits per heavy atom. The summed E-state index contributed by atoms with van der Waals surface area (Å²) >= 11 is -1.35. The number of amides is 1. The van der Waals surface area contributed by atoms with Crippen molar-refractivity contribution in [3.05, 3.63) is 77.2 Å². The van der Waals surface area contributed by atoms with Gasteiger partial charge in [0.15, 0.2) is 11.5 Å². The minimum absolute atomic E-state index is 0.0419. The maximum absolute atomic E-state index is 12.5. The monoisotopic (exact) mass is 453 g/mol. The molecule has 1 aromatic heterocycles. The summed E-state index contributed by atoms with van der Waals surface area (Å²) in [6, 6.07) is 18.2. The summed E-state index contributed by atoms with van der Waals surface area (Å²) < 4.78 is 18.2. The third-order valence-corrected chi connectivity index (χ3v) is 6.37. The SMILES string of the molecule is Cc1cccc(-c2nc(C[S+]([O-])CC(=O)NCCN(C)CCc3ccccc3)c(C)o2)c1. The molecule has 0 spiro atoms. The Morgan fingerprint density at radius 3 is 2.66 bits per heavy atom. The molecule has 1 atom stereocenters. The van der Waals surface area contributed by atoms with Gasteiger partial charge in [-0.1, -0.05) is 48.0 Å². The highest BCUT2D eigenvalue weighted by molar-refractivity contribution is 7.91. The van der Waals surface area contributed by atoms with Crippen LogP contribution in [0, 0.1) is 13.8 Å². The maximum Gasteiger partial charge on any atom is 0.269 e. The number of likely N-dealkylation sites (N-methyl/N-ethyl adjacent to an activating group) is 1. The number of benzene rings is 2. The second kappa shape index (κ2) is 11.9. The first-order chi connectivity index (χ1) is 15.4. The molecule has 3 rings (SSSR count). The summed E-state index contributed by atoms with van der Waals surface area (Å²) in [5.74, 6) is 1.10. The molecule has 32 heavy (non-hydrogen) atoms. The number of carbonyl (C=O) groups excluding carboxylic acids is 1. The molecule has 0 aliphatic rings. The zero-order chi connectivity index (χ0) is 22.9. The molecule has 0 saturated carbocycles. The molecule has 6 nitrogen and oxygen atoms in total. The second-order valence-corrected chi connectivity index (χ2v) is 9.47. The average molecular weight is 454 g/mol. The molecule has 0 fully saturated rings. The number of hydrogen-bond donors (Lipinski definition) is 1. The van der Waals surface area contributed by atoms with E-state index in [1.807, 2.05) is 63.4 Å². The molecule has 1 amide bonds. The number of carbonyl (C=O) groups is 1. The number of aryl methyl sites for hydroxylation is 2. The molecule has 0 saturated heterocycles. The van der Waals surface area contributed by atoms with Gasteiger partial charge in [-0.05, 0) is 56.2 Å². The maximum atomic E-state index is 12.5. The van der Waals surface area contributed by atoms with E-state index in [-0.39, 0.29) is 17.4 Å². The summed E-state index contributed by atoms with van der Waals surface area (Å²) in [6.07, 6.45) is 0.969. The highest BCUT2D eigenvalue weighted by Crippen LogP contribution is 2.23. The van der Waals surface area contributed by atoms with Crippen molar-refractivity contribution >= 4 is 17.1 Å². The number of hydrogen-bond acceptors (Lipinski definition) is 5. The number of oxazole rings is 1. The lowest BCUT2D eigenvalue weighted by molar-refractivity contribution is -0.118. The van der Waals surface area contributed by atoms with Crippen LogP contribution >= 0.6 is 0 Å². The first-order valence-corrected chi connectivity index (χ1v) is 12.3. The molecule has 0 radical (unpaired) electrons. The minimum Gasteiger partial charge on any atom is -0.616 e. The van der Waals surface area contributed by atoms with Crippen LogP contribution in [0.5, 0.6) is 0 Å². The average Bonchev–Trinajstić information content (AvgIpc) is 3.13. The number of aromatic nitrogens is 1. The van der Waals surface area contributed by atoms with E-state index in [9.17, 15) is 9.35 Å². The lowest BCUT2D eigenvalue weighted by Crippen LogP contribution is -2.37. The molecule has 0 aliphatic heterocycles. The lowest BCUT2D eigenvalue weighted by Gasteiger charge is -2.17. The van der Waals surface area contributed by atoms with Crippen molar-refractivity contribution in [2.75, 3.05) is 32.4 Å². The quantitative estimate of drug-likeness (QED) is 0.450. The van der Waals surface area contributed by atoms with Crippen LogP contribution in [0.2, 0.25) is 0 Å². The Bertz CT molecular complexity index is 1010. The van der Waals surface area contributed by atoms with Crippen molar-refractivity contribution in [2.24, 2.45) is 0 Å². The predicted octanol–water partition coefficient (Wildman–Crippen LogP) is 3.50. The van der Waals surface area contributed by atoms with E-state index in [1.165, 1.54) is 5.56 Å². The normalized spacial score (nSPS) is 12.2. The third kappa shape index (κ3) is 7.51. The van der Waals surface area contributed by atoms with E-state index >= 15 is 0 Å². The molecule has 1 N–H and O–H groups in total. The molecular formula is C25H31N3O3S. The van der Waals surface area contributed by atoms with Gasteiger partial charge in [-0.3, -0.25) is 4.79 Å². The molecular weight excluding hydrogens is 422 g/mol. The van der Waals surface area contributed by atoms with Crippen LogP contribution in [0.4, 0.5) is 0 Å². The Balaban J connectivity index is 1.39. The Kier molecular flexibility index (Phi) is 8.90. The lowest BCUT2D eigenvalue weighted by atomic mass is 10.1. The third-order valence-electron chi connectivity index (χ3n) is 5.19. The van der Waals surface area contributed by atoms with Crippen LogP contribution in [-0.2, 0) is 28.1 Å². The van der Waals surface area contributed by atoms with Gasteiger partial charge in [0.1, 0.15) is 11.5 Å². The van der Waals surface area contributed by atoms with Gasteiger partial charge in [-0.15, -0.1) is 0 Å². The Morgan fingerprint density at radius 2 is 1.91 bits per heavy atom. The van der Waals surface area contributed by atoms with Crippen molar-refractivity contribution < 1.29 is 13.8 Å². The van der Waals surface area contributed by atoms with Crippen LogP contribution in [0.3, 0.4) is 0 Å². The number of nitrogens with one attached hydrogen (secondary N) is 1. The van der Waals surface area contributed by atoms with Crippen LogP contribution in [0.15, 0.2) is 59.0 Å². The minimum atomic E-state index is -1.35. The Labute approximate surface area is 193 Å². The molecule has 2 aromatic carbocycles. The summed E-state index contributed by atoms with van der Waals surface area (Å²) in [5, 5.41) is 2.86. The summed E-state index contributed by atoms with van der Waals surface area (Å²) in [7, 11) is 2.03. The topological polar surface area (TPSA) is 81.4 Å². The number of nitrogens with zero attached hydrogens (tertiary/aromatic N) is 2. The highest BCUT2D eigenvalue weighted by Gasteiger charge is 2.20. The summed E-state index contributed by atoms with van der Waals surface area (Å²) in [5.41, 5.74) is 3.94. The van der Waals surface area contributed by atoms with E-state index < -0.39 is 11.2 Å². The fourth-order valence-corrected chi connectivity index (χ4v) is 4.40. The van der Waals surface area contributed by atoms with Crippen LogP contribution < -0.4 is 5.32 Å². The van der Waals surface area contributed by atoms with Crippen LogP contribution in [-0.4, -0.2) is 52.8 Å². The first kappa shape index (κ1) is 24.0. The largest absolute Gasteiger partial charge is 0.616 e. The molecule has 170 valence electrons. The first-order valence-electron chi connectivity index (χ1n) is 10.8. The zero-order valence-electron chi connectivity index (χ0n) is 19.0. The molecule has 7 heteroatoms. The van der Waals surface area contributed by atoms with Crippen molar-refractivity contribution in [1.82, 2.24) is 15.2 Å². The highest BCUT2D eigenvalue weighted by atomic mass is 32.2. The van der Waals surface area contributed by atoms with Gasteiger partial charge in [0.25, 0.3) is 5.91 Å². The van der Waals surface area contributed by atoms with Gasteiger partial charge in [-0.2, -0.15) is 0 Å². The van der Waals surface area contributed by atoms with Crippen LogP contribution in [0.1, 0.15) is 22.6 Å². The Hall–Kier alpha value is -2.61. The van der Waals surface area contributed by atoms with E-state index in [1.54, 1.807) is 0 Å². The van der Waals surface area contributed by atoms with Gasteiger partial charge in [0.05, 0.1) is 0 Å². The van der Waals surface area contributed by atoms with E-state index in [4.69, 9.17) is 4.42 Å². The molecule has 1 unspecified atom stereocenters. The zero-order valence-corrected chi connectivity index (χ0v) is 19.8. The van der Waals surface area contributed by atoms with E-state index in [2.05, 4.69) is 27.3 Å². The summed E-state index contributed by atoms with van der Waals surface area (Å²) in [4.78, 5) is 18.9. The molecule has 1 heterocycles. The fraction of sp³-hybridized carbons (Fsp3) is 0.360. The van der Waals surface area contributed by atoms with Crippen LogP contribution in [0.25, 0.3) is 11.5 Å². The van der Waals surface area contributed by atoms with Crippen molar-refractivity contribution in [2.45, 2.75) is 26.0 Å². The van der Waals surface area contributed by atoms with Gasteiger partial charge < -0.3 is 19.2 Å².